The monoisotopic (exact) mass is 992 g/mol. The fraction of sp³-hybridized carbons (Fsp3) is 0.689. The van der Waals surface area contributed by atoms with Gasteiger partial charge in [-0.25, -0.2) is 19.5 Å². The van der Waals surface area contributed by atoms with Crippen LogP contribution in [0, 0.1) is 0 Å². The quantitative estimate of drug-likeness (QED) is 0.0377. The molecule has 23 heteroatoms. The maximum absolute atomic E-state index is 13.3. The van der Waals surface area contributed by atoms with Crippen molar-refractivity contribution in [3.05, 3.63) is 41.4 Å². The van der Waals surface area contributed by atoms with E-state index in [-0.39, 0.29) is 35.8 Å². The summed E-state index contributed by atoms with van der Waals surface area (Å²) in [5.74, 6) is 0.515. The van der Waals surface area contributed by atoms with Gasteiger partial charge in [-0.15, -0.1) is 0 Å². The molecule has 2 aromatic rings. The number of thioether (sulfide) groups is 1. The van der Waals surface area contributed by atoms with Crippen molar-refractivity contribution in [3.8, 4) is 0 Å². The summed E-state index contributed by atoms with van der Waals surface area (Å²) in [6.07, 6.45) is 5.73. The summed E-state index contributed by atoms with van der Waals surface area (Å²) in [6, 6.07) is 8.89. The SMILES string of the molecule is O=C(CCCC[C@@H]1SCC2NC(=O)N[C@@H]21)NCCOCCOCCOCCOCCOCCOCCOCCOCCNC(=O)c1cnc(N2CCC3(CC2)NC(=O)N(c2ccccc2)C3=O)s1. The van der Waals surface area contributed by atoms with E-state index in [0.29, 0.717) is 172 Å². The molecule has 4 saturated heterocycles. The lowest BCUT2D eigenvalue weighted by molar-refractivity contribution is -0.123. The fourth-order valence-electron chi connectivity index (χ4n) is 7.96. The van der Waals surface area contributed by atoms with Gasteiger partial charge >= 0.3 is 12.1 Å². The number of nitrogens with one attached hydrogen (secondary N) is 5. The number of hydrogen-bond acceptors (Lipinski definition) is 17. The number of aromatic nitrogens is 1. The molecule has 68 heavy (non-hydrogen) atoms. The highest BCUT2D eigenvalue weighted by atomic mass is 32.2. The van der Waals surface area contributed by atoms with E-state index in [1.165, 1.54) is 16.2 Å². The van der Waals surface area contributed by atoms with Crippen LogP contribution >= 0.6 is 23.1 Å². The third kappa shape index (κ3) is 17.4. The molecule has 1 aromatic carbocycles. The van der Waals surface area contributed by atoms with Crippen molar-refractivity contribution in [3.63, 3.8) is 0 Å². The summed E-state index contributed by atoms with van der Waals surface area (Å²) in [6.45, 7) is 8.83. The number of carbonyl (C=O) groups excluding carboxylic acids is 5. The number of benzene rings is 1. The molecule has 0 saturated carbocycles. The second-order valence-electron chi connectivity index (χ2n) is 16.4. The Bertz CT molecular complexity index is 1840. The van der Waals surface area contributed by atoms with Crippen molar-refractivity contribution >= 4 is 63.7 Å². The van der Waals surface area contributed by atoms with Crippen LogP contribution in [-0.2, 0) is 47.5 Å². The van der Waals surface area contributed by atoms with Gasteiger partial charge in [0, 0.05) is 43.6 Å². The number of anilines is 2. The topological polar surface area (TPSA) is 239 Å². The number of nitrogens with zero attached hydrogens (tertiary/aromatic N) is 3. The van der Waals surface area contributed by atoms with Crippen molar-refractivity contribution < 1.29 is 61.9 Å². The van der Waals surface area contributed by atoms with Crippen LogP contribution in [-0.4, -0.2) is 195 Å². The molecule has 5 heterocycles. The Balaban J connectivity index is 0.623. The molecule has 21 nitrogen and oxygen atoms in total. The molecule has 1 aromatic heterocycles. The van der Waals surface area contributed by atoms with Gasteiger partial charge in [0.1, 0.15) is 10.4 Å². The second kappa shape index (κ2) is 29.8. The number of urea groups is 2. The maximum atomic E-state index is 13.3. The van der Waals surface area contributed by atoms with E-state index in [0.717, 1.165) is 25.0 Å². The smallest absolute Gasteiger partial charge is 0.329 e. The molecular weight excluding hydrogens is 925 g/mol. The van der Waals surface area contributed by atoms with E-state index in [9.17, 15) is 24.0 Å². The Labute approximate surface area is 406 Å². The minimum absolute atomic E-state index is 0.0331. The molecule has 1 unspecified atom stereocenters. The Morgan fingerprint density at radius 2 is 1.25 bits per heavy atom. The largest absolute Gasteiger partial charge is 0.377 e. The molecule has 6 rings (SSSR count). The first kappa shape index (κ1) is 53.2. The molecular formula is C45H68N8O13S2. The molecule has 4 aliphatic rings. The highest BCUT2D eigenvalue weighted by molar-refractivity contribution is 8.00. The number of amides is 7. The van der Waals surface area contributed by atoms with Gasteiger partial charge in [0.25, 0.3) is 11.8 Å². The second-order valence-corrected chi connectivity index (χ2v) is 18.6. The average molecular weight is 993 g/mol. The lowest BCUT2D eigenvalue weighted by atomic mass is 9.87. The first-order chi connectivity index (χ1) is 33.3. The van der Waals surface area contributed by atoms with Gasteiger partial charge in [-0.2, -0.15) is 11.8 Å². The van der Waals surface area contributed by atoms with Crippen LogP contribution < -0.4 is 36.4 Å². The molecule has 4 aliphatic heterocycles. The van der Waals surface area contributed by atoms with Crippen LogP contribution in [0.15, 0.2) is 36.5 Å². The number of imide groups is 1. The van der Waals surface area contributed by atoms with Crippen molar-refractivity contribution in [2.75, 3.05) is 147 Å². The van der Waals surface area contributed by atoms with Gasteiger partial charge in [0.05, 0.1) is 130 Å². The molecule has 0 bridgehead atoms. The number of carbonyl (C=O) groups is 5. The van der Waals surface area contributed by atoms with Crippen molar-refractivity contribution in [2.24, 2.45) is 0 Å². The maximum Gasteiger partial charge on any atom is 0.329 e. The number of ether oxygens (including phenoxy) is 8. The summed E-state index contributed by atoms with van der Waals surface area (Å²) in [4.78, 5) is 70.5. The van der Waals surface area contributed by atoms with Crippen molar-refractivity contribution in [1.82, 2.24) is 31.6 Å². The zero-order valence-corrected chi connectivity index (χ0v) is 40.4. The van der Waals surface area contributed by atoms with Crippen LogP contribution in [0.25, 0.3) is 0 Å². The highest BCUT2D eigenvalue weighted by Gasteiger charge is 2.53. The standard InChI is InChI=1S/C45H68N8O13S2/c54-38(9-5-4-8-36-39-35(33-67-36)49-42(57)50-39)46-12-16-59-18-20-61-22-24-63-26-28-65-30-31-66-29-27-64-25-23-62-21-19-60-17-13-47-40(55)37-32-48-44(68-37)52-14-10-45(11-15-52)41(56)53(43(58)51-45)34-6-2-1-3-7-34/h1-3,6-7,32,35-36,39H,4-5,8-31,33H2,(H,46,54)(H,47,55)(H,51,58)(H2,49,50,57)/t35?,36-,39-/m0/s1. The van der Waals surface area contributed by atoms with Gasteiger partial charge in [-0.3, -0.25) is 14.4 Å². The van der Waals surface area contributed by atoms with Crippen LogP contribution in [0.3, 0.4) is 0 Å². The molecule has 0 radical (unpaired) electrons. The van der Waals surface area contributed by atoms with Crippen LogP contribution in [0.4, 0.5) is 20.4 Å². The van der Waals surface area contributed by atoms with Gasteiger partial charge < -0.3 is 69.4 Å². The molecule has 0 aliphatic carbocycles. The van der Waals surface area contributed by atoms with Gasteiger partial charge in [0.2, 0.25) is 5.91 Å². The van der Waals surface area contributed by atoms with Gasteiger partial charge in [-0.05, 0) is 37.8 Å². The minimum Gasteiger partial charge on any atom is -0.377 e. The lowest BCUT2D eigenvalue weighted by Gasteiger charge is -2.37. The number of hydrogen-bond donors (Lipinski definition) is 5. The zero-order chi connectivity index (χ0) is 47.7. The molecule has 378 valence electrons. The summed E-state index contributed by atoms with van der Waals surface area (Å²) >= 11 is 3.18. The van der Waals surface area contributed by atoms with Gasteiger partial charge in [0.15, 0.2) is 5.13 Å². The van der Waals surface area contributed by atoms with E-state index in [2.05, 4.69) is 31.6 Å². The third-order valence-electron chi connectivity index (χ3n) is 11.6. The molecule has 3 atom stereocenters. The number of thiazole rings is 1. The summed E-state index contributed by atoms with van der Waals surface area (Å²) in [5, 5.41) is 15.7. The number of rotatable bonds is 35. The van der Waals surface area contributed by atoms with E-state index in [1.807, 2.05) is 22.7 Å². The van der Waals surface area contributed by atoms with E-state index in [4.69, 9.17) is 37.9 Å². The van der Waals surface area contributed by atoms with E-state index in [1.54, 1.807) is 30.5 Å². The predicted octanol–water partition coefficient (Wildman–Crippen LogP) is 1.94. The average Bonchev–Trinajstić information content (AvgIpc) is 4.13. The Morgan fingerprint density at radius 3 is 1.82 bits per heavy atom. The summed E-state index contributed by atoms with van der Waals surface area (Å²) in [5.41, 5.74) is -0.385. The third-order valence-corrected chi connectivity index (χ3v) is 14.1. The van der Waals surface area contributed by atoms with Crippen LogP contribution in [0.2, 0.25) is 0 Å². The van der Waals surface area contributed by atoms with E-state index >= 15 is 0 Å². The lowest BCUT2D eigenvalue weighted by Crippen LogP contribution is -2.55. The molecule has 1 spiro atoms. The molecule has 4 fully saturated rings. The van der Waals surface area contributed by atoms with Crippen molar-refractivity contribution in [2.45, 2.75) is 61.4 Å². The van der Waals surface area contributed by atoms with Crippen molar-refractivity contribution in [1.29, 1.82) is 0 Å². The fourth-order valence-corrected chi connectivity index (χ4v) is 10.4. The number of unbranched alkanes of at least 4 members (excludes halogenated alkanes) is 1. The van der Waals surface area contributed by atoms with Gasteiger partial charge in [-0.1, -0.05) is 36.0 Å². The highest BCUT2D eigenvalue weighted by Crippen LogP contribution is 2.35. The Hall–Kier alpha value is -4.17. The minimum atomic E-state index is -0.937. The van der Waals surface area contributed by atoms with Crippen LogP contribution in [0.5, 0.6) is 0 Å². The first-order valence-electron chi connectivity index (χ1n) is 23.6. The van der Waals surface area contributed by atoms with E-state index < -0.39 is 11.6 Å². The predicted molar refractivity (Wildman–Crippen MR) is 255 cm³/mol. The summed E-state index contributed by atoms with van der Waals surface area (Å²) < 4.78 is 44.2. The molecule has 5 N–H and O–H groups in total. The number of para-hydroxylation sites is 1. The normalized spacial score (nSPS) is 19.6. The number of fused-ring (bicyclic) bond motifs is 1. The molecule has 7 amide bonds. The first-order valence-corrected chi connectivity index (χ1v) is 25.5. The Kier molecular flexibility index (Phi) is 23.3. The number of piperidine rings is 1. The summed E-state index contributed by atoms with van der Waals surface area (Å²) in [7, 11) is 0. The van der Waals surface area contributed by atoms with Crippen LogP contribution in [0.1, 0.15) is 48.2 Å². The Morgan fingerprint density at radius 1 is 0.706 bits per heavy atom. The zero-order valence-electron chi connectivity index (χ0n) is 38.8.